The Labute approximate surface area is 163 Å². The summed E-state index contributed by atoms with van der Waals surface area (Å²) in [6, 6.07) is 14.1. The Morgan fingerprint density at radius 1 is 1.11 bits per heavy atom. The first-order valence-electron chi connectivity index (χ1n) is 8.66. The van der Waals surface area contributed by atoms with Crippen LogP contribution in [0.3, 0.4) is 0 Å². The van der Waals surface area contributed by atoms with Crippen LogP contribution in [0.1, 0.15) is 11.1 Å². The number of rotatable bonds is 7. The first-order chi connectivity index (χ1) is 13.4. The maximum absolute atomic E-state index is 12.1. The van der Waals surface area contributed by atoms with Crippen LogP contribution in [-0.2, 0) is 16.6 Å². The molecule has 0 atom stereocenters. The normalized spacial score (nSPS) is 11.8. The molecule has 0 saturated heterocycles. The van der Waals surface area contributed by atoms with Crippen molar-refractivity contribution in [2.45, 2.75) is 13.5 Å². The third-order valence-corrected chi connectivity index (χ3v) is 5.07. The quantitative estimate of drug-likeness (QED) is 0.661. The monoisotopic (exact) mass is 396 g/mol. The SMILES string of the molecule is Cc1ccc(/C=C/S(=O)(=O)NCCn2nc(-c3cccnc3)ccc2=O)cc1. The van der Waals surface area contributed by atoms with Crippen LogP contribution in [0.4, 0.5) is 0 Å². The highest BCUT2D eigenvalue weighted by Gasteiger charge is 2.07. The molecule has 0 aliphatic heterocycles. The maximum Gasteiger partial charge on any atom is 0.266 e. The van der Waals surface area contributed by atoms with Crippen molar-refractivity contribution in [2.24, 2.45) is 0 Å². The highest BCUT2D eigenvalue weighted by Crippen LogP contribution is 2.12. The average molecular weight is 396 g/mol. The summed E-state index contributed by atoms with van der Waals surface area (Å²) in [4.78, 5) is 16.0. The van der Waals surface area contributed by atoms with Gasteiger partial charge in [0.2, 0.25) is 10.0 Å². The zero-order valence-electron chi connectivity index (χ0n) is 15.3. The van der Waals surface area contributed by atoms with Crippen LogP contribution in [0.15, 0.2) is 71.1 Å². The van der Waals surface area contributed by atoms with Crippen LogP contribution in [0.25, 0.3) is 17.3 Å². The Hall–Kier alpha value is -3.10. The van der Waals surface area contributed by atoms with Crippen molar-refractivity contribution in [3.63, 3.8) is 0 Å². The lowest BCUT2D eigenvalue weighted by atomic mass is 10.2. The van der Waals surface area contributed by atoms with Gasteiger partial charge in [-0.3, -0.25) is 9.78 Å². The summed E-state index contributed by atoms with van der Waals surface area (Å²) < 4.78 is 27.9. The number of nitrogens with zero attached hydrogens (tertiary/aromatic N) is 3. The third-order valence-electron chi connectivity index (χ3n) is 3.97. The van der Waals surface area contributed by atoms with Crippen molar-refractivity contribution in [3.8, 4) is 11.3 Å². The minimum atomic E-state index is -3.62. The summed E-state index contributed by atoms with van der Waals surface area (Å²) in [6.45, 7) is 2.12. The molecule has 8 heteroatoms. The predicted octanol–water partition coefficient (Wildman–Crippen LogP) is 2.20. The molecule has 0 radical (unpaired) electrons. The van der Waals surface area contributed by atoms with E-state index in [2.05, 4.69) is 14.8 Å². The molecule has 0 spiro atoms. The number of pyridine rings is 1. The molecule has 0 aliphatic carbocycles. The van der Waals surface area contributed by atoms with Crippen molar-refractivity contribution in [3.05, 3.63) is 87.8 Å². The smallest absolute Gasteiger partial charge is 0.266 e. The van der Waals surface area contributed by atoms with E-state index < -0.39 is 10.0 Å². The van der Waals surface area contributed by atoms with Crippen LogP contribution < -0.4 is 10.3 Å². The fourth-order valence-corrected chi connectivity index (χ4v) is 3.27. The van der Waals surface area contributed by atoms with E-state index in [0.717, 1.165) is 22.1 Å². The van der Waals surface area contributed by atoms with E-state index in [-0.39, 0.29) is 18.6 Å². The molecule has 3 rings (SSSR count). The molecule has 0 saturated carbocycles. The second-order valence-corrected chi connectivity index (χ2v) is 7.83. The number of benzene rings is 1. The highest BCUT2D eigenvalue weighted by atomic mass is 32.2. The lowest BCUT2D eigenvalue weighted by Gasteiger charge is -2.07. The summed E-state index contributed by atoms with van der Waals surface area (Å²) in [5.74, 6) is 0. The van der Waals surface area contributed by atoms with Crippen LogP contribution >= 0.6 is 0 Å². The van der Waals surface area contributed by atoms with Gasteiger partial charge >= 0.3 is 0 Å². The lowest BCUT2D eigenvalue weighted by Crippen LogP contribution is -2.31. The molecular formula is C20H20N4O3S. The number of aromatic nitrogens is 3. The molecule has 2 heterocycles. The predicted molar refractivity (Wildman–Crippen MR) is 109 cm³/mol. The Morgan fingerprint density at radius 3 is 2.61 bits per heavy atom. The van der Waals surface area contributed by atoms with Crippen molar-refractivity contribution in [2.75, 3.05) is 6.54 Å². The second kappa shape index (κ2) is 8.73. The van der Waals surface area contributed by atoms with E-state index in [1.807, 2.05) is 37.3 Å². The van der Waals surface area contributed by atoms with Gasteiger partial charge in [-0.25, -0.2) is 17.8 Å². The average Bonchev–Trinajstić information content (AvgIpc) is 2.70. The highest BCUT2D eigenvalue weighted by molar-refractivity contribution is 7.92. The number of sulfonamides is 1. The van der Waals surface area contributed by atoms with Gasteiger partial charge in [-0.2, -0.15) is 5.10 Å². The minimum absolute atomic E-state index is 0.0456. The van der Waals surface area contributed by atoms with E-state index in [4.69, 9.17) is 0 Å². The fraction of sp³-hybridized carbons (Fsp3) is 0.150. The molecule has 2 aromatic heterocycles. The van der Waals surface area contributed by atoms with E-state index in [9.17, 15) is 13.2 Å². The Balaban J connectivity index is 1.64. The molecule has 144 valence electrons. The summed E-state index contributed by atoms with van der Waals surface area (Å²) >= 11 is 0. The zero-order chi connectivity index (χ0) is 20.0. The number of nitrogens with one attached hydrogen (secondary N) is 1. The van der Waals surface area contributed by atoms with E-state index >= 15 is 0 Å². The fourth-order valence-electron chi connectivity index (χ4n) is 2.46. The van der Waals surface area contributed by atoms with Crippen LogP contribution in [-0.4, -0.2) is 29.7 Å². The molecule has 0 fully saturated rings. The molecule has 0 unspecified atom stereocenters. The van der Waals surface area contributed by atoms with Gasteiger partial charge in [0.1, 0.15) is 0 Å². The van der Waals surface area contributed by atoms with Crippen LogP contribution in [0, 0.1) is 6.92 Å². The van der Waals surface area contributed by atoms with Crippen LogP contribution in [0.2, 0.25) is 0 Å². The molecule has 7 nitrogen and oxygen atoms in total. The standard InChI is InChI=1S/C20H20N4O3S/c1-16-4-6-17(7-5-16)10-14-28(26,27)22-12-13-24-20(25)9-8-19(23-24)18-3-2-11-21-15-18/h2-11,14-15,22H,12-13H2,1H3/b14-10+. The first kappa shape index (κ1) is 19.7. The topological polar surface area (TPSA) is 93.9 Å². The van der Waals surface area contributed by atoms with E-state index in [0.29, 0.717) is 5.69 Å². The third kappa shape index (κ3) is 5.45. The van der Waals surface area contributed by atoms with Crippen molar-refractivity contribution in [1.82, 2.24) is 19.5 Å². The van der Waals surface area contributed by atoms with Gasteiger partial charge in [0.25, 0.3) is 5.56 Å². The largest absolute Gasteiger partial charge is 0.268 e. The van der Waals surface area contributed by atoms with Gasteiger partial charge < -0.3 is 0 Å². The first-order valence-corrected chi connectivity index (χ1v) is 10.2. The Kier molecular flexibility index (Phi) is 6.13. The van der Waals surface area contributed by atoms with Gasteiger partial charge in [0, 0.05) is 36.0 Å². The second-order valence-electron chi connectivity index (χ2n) is 6.17. The number of aryl methyl sites for hydroxylation is 1. The van der Waals surface area contributed by atoms with E-state index in [1.165, 1.54) is 16.8 Å². The van der Waals surface area contributed by atoms with Crippen molar-refractivity contribution >= 4 is 16.1 Å². The number of hydrogen-bond donors (Lipinski definition) is 1. The molecule has 0 amide bonds. The summed E-state index contributed by atoms with van der Waals surface area (Å²) in [5.41, 5.74) is 2.96. The van der Waals surface area contributed by atoms with Crippen molar-refractivity contribution < 1.29 is 8.42 Å². The van der Waals surface area contributed by atoms with E-state index in [1.54, 1.807) is 24.5 Å². The molecule has 3 aromatic rings. The molecule has 1 N–H and O–H groups in total. The van der Waals surface area contributed by atoms with Gasteiger partial charge in [0.15, 0.2) is 0 Å². The van der Waals surface area contributed by atoms with Gasteiger partial charge in [-0.15, -0.1) is 0 Å². The maximum atomic E-state index is 12.1. The molecule has 0 aliphatic rings. The summed E-state index contributed by atoms with van der Waals surface area (Å²) in [5, 5.41) is 5.39. The molecule has 28 heavy (non-hydrogen) atoms. The van der Waals surface area contributed by atoms with Gasteiger partial charge in [-0.1, -0.05) is 29.8 Å². The minimum Gasteiger partial charge on any atom is -0.268 e. The lowest BCUT2D eigenvalue weighted by molar-refractivity contribution is 0.554. The zero-order valence-corrected chi connectivity index (χ0v) is 16.1. The Morgan fingerprint density at radius 2 is 1.89 bits per heavy atom. The van der Waals surface area contributed by atoms with Gasteiger partial charge in [-0.05, 0) is 36.8 Å². The van der Waals surface area contributed by atoms with Gasteiger partial charge in [0.05, 0.1) is 12.2 Å². The molecule has 0 bridgehead atoms. The molecular weight excluding hydrogens is 376 g/mol. The van der Waals surface area contributed by atoms with Crippen molar-refractivity contribution in [1.29, 1.82) is 0 Å². The van der Waals surface area contributed by atoms with Crippen LogP contribution in [0.5, 0.6) is 0 Å². The molecule has 1 aromatic carbocycles. The number of hydrogen-bond acceptors (Lipinski definition) is 5. The summed E-state index contributed by atoms with van der Waals surface area (Å²) in [7, 11) is -3.62. The Bertz CT molecular complexity index is 1120. The summed E-state index contributed by atoms with van der Waals surface area (Å²) in [6.07, 6.45) is 4.82.